The molecule has 1 aromatic heterocycles. The zero-order chi connectivity index (χ0) is 13.4. The van der Waals surface area contributed by atoms with E-state index in [9.17, 15) is 9.18 Å². The van der Waals surface area contributed by atoms with Crippen LogP contribution in [-0.4, -0.2) is 22.6 Å². The lowest BCUT2D eigenvalue weighted by Gasteiger charge is -2.13. The summed E-state index contributed by atoms with van der Waals surface area (Å²) in [6.45, 7) is 1.64. The second-order valence-corrected chi connectivity index (χ2v) is 4.65. The Morgan fingerprint density at radius 2 is 2.28 bits per heavy atom. The zero-order valence-electron chi connectivity index (χ0n) is 9.78. The van der Waals surface area contributed by atoms with E-state index >= 15 is 0 Å². The van der Waals surface area contributed by atoms with Crippen molar-refractivity contribution in [1.29, 1.82) is 0 Å². The standard InChI is InChI=1S/C11H11BrFN3O2/c1-5(10(17)18-2)16-9-3-6(12)7(13)4-8(9)15-11(16)14/h3-5H,1-2H3,(H2,14,15). The molecule has 2 N–H and O–H groups in total. The molecule has 0 radical (unpaired) electrons. The molecular weight excluding hydrogens is 305 g/mol. The maximum atomic E-state index is 13.4. The molecule has 0 fully saturated rings. The molecule has 0 aliphatic heterocycles. The summed E-state index contributed by atoms with van der Waals surface area (Å²) in [4.78, 5) is 15.6. The van der Waals surface area contributed by atoms with Gasteiger partial charge in [0.05, 0.1) is 22.6 Å². The summed E-state index contributed by atoms with van der Waals surface area (Å²) in [5.41, 5.74) is 6.71. The van der Waals surface area contributed by atoms with Crippen LogP contribution < -0.4 is 5.73 Å². The third-order valence-electron chi connectivity index (χ3n) is 2.69. The Kier molecular flexibility index (Phi) is 3.25. The van der Waals surface area contributed by atoms with Gasteiger partial charge in [-0.25, -0.2) is 14.2 Å². The Morgan fingerprint density at radius 3 is 2.89 bits per heavy atom. The third kappa shape index (κ3) is 1.94. The number of aromatic nitrogens is 2. The van der Waals surface area contributed by atoms with E-state index in [0.29, 0.717) is 11.0 Å². The largest absolute Gasteiger partial charge is 0.467 e. The number of anilines is 1. The molecule has 0 saturated carbocycles. The molecule has 0 bridgehead atoms. The van der Waals surface area contributed by atoms with Gasteiger partial charge in [0.2, 0.25) is 5.95 Å². The van der Waals surface area contributed by atoms with Crippen LogP contribution in [0.25, 0.3) is 11.0 Å². The van der Waals surface area contributed by atoms with Gasteiger partial charge in [0.25, 0.3) is 0 Å². The monoisotopic (exact) mass is 315 g/mol. The van der Waals surface area contributed by atoms with Crippen molar-refractivity contribution < 1.29 is 13.9 Å². The summed E-state index contributed by atoms with van der Waals surface area (Å²) in [5, 5.41) is 0. The third-order valence-corrected chi connectivity index (χ3v) is 3.30. The number of nitrogen functional groups attached to an aromatic ring is 1. The summed E-state index contributed by atoms with van der Waals surface area (Å²) in [6.07, 6.45) is 0. The van der Waals surface area contributed by atoms with Crippen molar-refractivity contribution in [3.05, 3.63) is 22.4 Å². The highest BCUT2D eigenvalue weighted by Crippen LogP contribution is 2.28. The van der Waals surface area contributed by atoms with Crippen molar-refractivity contribution in [3.8, 4) is 0 Å². The molecule has 96 valence electrons. The van der Waals surface area contributed by atoms with Crippen LogP contribution in [0.4, 0.5) is 10.3 Å². The first kappa shape index (κ1) is 12.8. The first-order chi connectivity index (χ1) is 8.45. The van der Waals surface area contributed by atoms with Crippen molar-refractivity contribution >= 4 is 38.9 Å². The average molecular weight is 316 g/mol. The summed E-state index contributed by atoms with van der Waals surface area (Å²) >= 11 is 3.09. The van der Waals surface area contributed by atoms with Crippen LogP contribution in [0.3, 0.4) is 0 Å². The fourth-order valence-electron chi connectivity index (χ4n) is 1.79. The Balaban J connectivity index is 2.67. The number of ether oxygens (including phenoxy) is 1. The highest BCUT2D eigenvalue weighted by atomic mass is 79.9. The van der Waals surface area contributed by atoms with Gasteiger partial charge in [-0.2, -0.15) is 0 Å². The topological polar surface area (TPSA) is 70.1 Å². The predicted octanol–water partition coefficient (Wildman–Crippen LogP) is 2.25. The van der Waals surface area contributed by atoms with Crippen LogP contribution in [0.5, 0.6) is 0 Å². The highest BCUT2D eigenvalue weighted by Gasteiger charge is 2.21. The van der Waals surface area contributed by atoms with E-state index in [-0.39, 0.29) is 10.4 Å². The lowest BCUT2D eigenvalue weighted by atomic mass is 10.2. The number of esters is 1. The molecule has 0 amide bonds. The van der Waals surface area contributed by atoms with Crippen LogP contribution in [0.1, 0.15) is 13.0 Å². The fraction of sp³-hybridized carbons (Fsp3) is 0.273. The summed E-state index contributed by atoms with van der Waals surface area (Å²) in [6, 6.07) is 2.17. The van der Waals surface area contributed by atoms with E-state index < -0.39 is 17.8 Å². The average Bonchev–Trinajstić information content (AvgIpc) is 2.63. The van der Waals surface area contributed by atoms with Crippen LogP contribution in [0, 0.1) is 5.82 Å². The number of hydrogen-bond acceptors (Lipinski definition) is 4. The molecule has 2 aromatic rings. The van der Waals surface area contributed by atoms with Gasteiger partial charge in [0, 0.05) is 6.07 Å². The lowest BCUT2D eigenvalue weighted by molar-refractivity contribution is -0.143. The van der Waals surface area contributed by atoms with E-state index in [1.54, 1.807) is 6.92 Å². The number of carbonyl (C=O) groups excluding carboxylic acids is 1. The molecule has 1 atom stereocenters. The Labute approximate surface area is 111 Å². The number of methoxy groups -OCH3 is 1. The van der Waals surface area contributed by atoms with Gasteiger partial charge in [-0.15, -0.1) is 0 Å². The van der Waals surface area contributed by atoms with Crippen molar-refractivity contribution in [2.24, 2.45) is 0 Å². The molecule has 0 spiro atoms. The molecule has 0 aliphatic rings. The number of nitrogens with zero attached hydrogens (tertiary/aromatic N) is 2. The minimum atomic E-state index is -0.627. The Morgan fingerprint density at radius 1 is 1.61 bits per heavy atom. The van der Waals surface area contributed by atoms with Crippen molar-refractivity contribution in [2.75, 3.05) is 12.8 Å². The summed E-state index contributed by atoms with van der Waals surface area (Å²) in [5.74, 6) is -0.736. The maximum absolute atomic E-state index is 13.4. The van der Waals surface area contributed by atoms with Gasteiger partial charge in [-0.1, -0.05) is 0 Å². The zero-order valence-corrected chi connectivity index (χ0v) is 11.4. The number of imidazole rings is 1. The second-order valence-electron chi connectivity index (χ2n) is 3.79. The molecule has 0 saturated heterocycles. The number of halogens is 2. The van der Waals surface area contributed by atoms with Crippen molar-refractivity contribution in [1.82, 2.24) is 9.55 Å². The SMILES string of the molecule is COC(=O)C(C)n1c(N)nc2cc(F)c(Br)cc21. The smallest absolute Gasteiger partial charge is 0.328 e. The normalized spacial score (nSPS) is 12.7. The molecule has 18 heavy (non-hydrogen) atoms. The van der Waals surface area contributed by atoms with E-state index in [1.165, 1.54) is 23.8 Å². The molecule has 5 nitrogen and oxygen atoms in total. The van der Waals surface area contributed by atoms with Crippen LogP contribution in [-0.2, 0) is 9.53 Å². The fourth-order valence-corrected chi connectivity index (χ4v) is 2.12. The Hall–Kier alpha value is -1.63. The van der Waals surface area contributed by atoms with E-state index in [1.807, 2.05) is 0 Å². The molecule has 0 aliphatic carbocycles. The van der Waals surface area contributed by atoms with Crippen LogP contribution >= 0.6 is 15.9 Å². The number of benzene rings is 1. The molecule has 1 aromatic carbocycles. The number of hydrogen-bond donors (Lipinski definition) is 1. The van der Waals surface area contributed by atoms with Gasteiger partial charge in [0.15, 0.2) is 0 Å². The number of nitrogens with two attached hydrogens (primary N) is 1. The number of carbonyl (C=O) groups is 1. The number of rotatable bonds is 2. The van der Waals surface area contributed by atoms with Gasteiger partial charge in [-0.05, 0) is 28.9 Å². The summed E-state index contributed by atoms with van der Waals surface area (Å²) < 4.78 is 19.8. The lowest BCUT2D eigenvalue weighted by Crippen LogP contribution is -2.19. The van der Waals surface area contributed by atoms with Crippen molar-refractivity contribution in [3.63, 3.8) is 0 Å². The minimum Gasteiger partial charge on any atom is -0.467 e. The number of fused-ring (bicyclic) bond motifs is 1. The van der Waals surface area contributed by atoms with Crippen molar-refractivity contribution in [2.45, 2.75) is 13.0 Å². The first-order valence-corrected chi connectivity index (χ1v) is 5.95. The molecule has 2 rings (SSSR count). The highest BCUT2D eigenvalue weighted by molar-refractivity contribution is 9.10. The summed E-state index contributed by atoms with van der Waals surface area (Å²) in [7, 11) is 1.30. The predicted molar refractivity (Wildman–Crippen MR) is 68.5 cm³/mol. The molecule has 1 unspecified atom stereocenters. The van der Waals surface area contributed by atoms with Crippen LogP contribution in [0.2, 0.25) is 0 Å². The van der Waals surface area contributed by atoms with Crippen LogP contribution in [0.15, 0.2) is 16.6 Å². The first-order valence-electron chi connectivity index (χ1n) is 5.16. The van der Waals surface area contributed by atoms with Gasteiger partial charge in [-0.3, -0.25) is 4.57 Å². The van der Waals surface area contributed by atoms with E-state index in [4.69, 9.17) is 5.73 Å². The van der Waals surface area contributed by atoms with E-state index in [0.717, 1.165) is 0 Å². The van der Waals surface area contributed by atoms with E-state index in [2.05, 4.69) is 25.7 Å². The maximum Gasteiger partial charge on any atom is 0.328 e. The minimum absolute atomic E-state index is 0.139. The molecule has 1 heterocycles. The van der Waals surface area contributed by atoms with Gasteiger partial charge >= 0.3 is 5.97 Å². The van der Waals surface area contributed by atoms with Gasteiger partial charge in [0.1, 0.15) is 11.9 Å². The second kappa shape index (κ2) is 4.56. The molecule has 7 heteroatoms. The van der Waals surface area contributed by atoms with Gasteiger partial charge < -0.3 is 10.5 Å². The molecular formula is C11H11BrFN3O2. The Bertz CT molecular complexity index is 626. The quantitative estimate of drug-likeness (QED) is 0.863.